The maximum Gasteiger partial charge on any atom is 0.248 e. The standard InChI is InChI=1S/C14H19F3N2/c15-13-4-2-1-3-11(13)8-12(19-18)7-10-5-6-14(16,17)9-10/h1-4,10,12,19H,5-9,18H2. The summed E-state index contributed by atoms with van der Waals surface area (Å²) < 4.78 is 39.8. The molecule has 0 bridgehead atoms. The molecule has 1 aromatic rings. The van der Waals surface area contributed by atoms with Crippen molar-refractivity contribution in [1.29, 1.82) is 0 Å². The van der Waals surface area contributed by atoms with Crippen molar-refractivity contribution < 1.29 is 13.2 Å². The van der Waals surface area contributed by atoms with E-state index in [0.29, 0.717) is 24.8 Å². The summed E-state index contributed by atoms with van der Waals surface area (Å²) >= 11 is 0. The van der Waals surface area contributed by atoms with Gasteiger partial charge in [-0.3, -0.25) is 11.3 Å². The van der Waals surface area contributed by atoms with Gasteiger partial charge in [-0.1, -0.05) is 18.2 Å². The molecule has 1 aliphatic rings. The smallest absolute Gasteiger partial charge is 0.248 e. The summed E-state index contributed by atoms with van der Waals surface area (Å²) in [5, 5.41) is 0. The van der Waals surface area contributed by atoms with Crippen molar-refractivity contribution in [1.82, 2.24) is 5.43 Å². The molecular weight excluding hydrogens is 253 g/mol. The van der Waals surface area contributed by atoms with Crippen LogP contribution in [0.25, 0.3) is 0 Å². The minimum Gasteiger partial charge on any atom is -0.271 e. The third-order valence-corrected chi connectivity index (χ3v) is 3.78. The Labute approximate surface area is 111 Å². The molecule has 1 fully saturated rings. The molecule has 0 radical (unpaired) electrons. The molecule has 0 aromatic heterocycles. The van der Waals surface area contributed by atoms with Gasteiger partial charge in [0, 0.05) is 18.9 Å². The van der Waals surface area contributed by atoms with Gasteiger partial charge >= 0.3 is 0 Å². The Morgan fingerprint density at radius 1 is 1.37 bits per heavy atom. The average Bonchev–Trinajstić information content (AvgIpc) is 2.70. The summed E-state index contributed by atoms with van der Waals surface area (Å²) in [5.74, 6) is 2.60. The van der Waals surface area contributed by atoms with Gasteiger partial charge in [0.2, 0.25) is 5.92 Å². The van der Waals surface area contributed by atoms with Crippen LogP contribution < -0.4 is 11.3 Å². The second kappa shape index (κ2) is 5.92. The molecule has 2 atom stereocenters. The highest BCUT2D eigenvalue weighted by Crippen LogP contribution is 2.40. The van der Waals surface area contributed by atoms with E-state index in [4.69, 9.17) is 5.84 Å². The molecule has 5 heteroatoms. The molecule has 106 valence electrons. The van der Waals surface area contributed by atoms with Crippen LogP contribution in [-0.4, -0.2) is 12.0 Å². The van der Waals surface area contributed by atoms with Crippen LogP contribution in [0.2, 0.25) is 0 Å². The minimum atomic E-state index is -2.54. The molecule has 2 rings (SSSR count). The van der Waals surface area contributed by atoms with Gasteiger partial charge in [0.05, 0.1) is 0 Å². The number of halogens is 3. The number of hydrazine groups is 1. The summed E-state index contributed by atoms with van der Waals surface area (Å²) in [4.78, 5) is 0. The third kappa shape index (κ3) is 3.94. The Hall–Kier alpha value is -1.07. The lowest BCUT2D eigenvalue weighted by Gasteiger charge is -2.20. The maximum absolute atomic E-state index is 13.5. The Balaban J connectivity index is 1.93. The molecule has 1 aromatic carbocycles. The SMILES string of the molecule is NNC(Cc1ccccc1F)CC1CCC(F)(F)C1. The zero-order valence-corrected chi connectivity index (χ0v) is 10.7. The lowest BCUT2D eigenvalue weighted by molar-refractivity contribution is 0.00432. The van der Waals surface area contributed by atoms with E-state index in [0.717, 1.165) is 0 Å². The van der Waals surface area contributed by atoms with E-state index >= 15 is 0 Å². The largest absolute Gasteiger partial charge is 0.271 e. The summed E-state index contributed by atoms with van der Waals surface area (Å²) in [7, 11) is 0. The summed E-state index contributed by atoms with van der Waals surface area (Å²) in [5.41, 5.74) is 3.19. The first-order valence-electron chi connectivity index (χ1n) is 6.57. The zero-order valence-electron chi connectivity index (χ0n) is 10.7. The van der Waals surface area contributed by atoms with Gasteiger partial charge in [0.25, 0.3) is 0 Å². The number of benzene rings is 1. The van der Waals surface area contributed by atoms with E-state index in [-0.39, 0.29) is 30.6 Å². The van der Waals surface area contributed by atoms with E-state index in [1.807, 2.05) is 0 Å². The van der Waals surface area contributed by atoms with Gasteiger partial charge in [-0.15, -0.1) is 0 Å². The molecule has 0 spiro atoms. The minimum absolute atomic E-state index is 0.0391. The van der Waals surface area contributed by atoms with Crippen molar-refractivity contribution in [3.63, 3.8) is 0 Å². The molecular formula is C14H19F3N2. The Kier molecular flexibility index (Phi) is 4.47. The molecule has 3 N–H and O–H groups in total. The Morgan fingerprint density at radius 3 is 2.68 bits per heavy atom. The monoisotopic (exact) mass is 272 g/mol. The lowest BCUT2D eigenvalue weighted by atomic mass is 9.94. The lowest BCUT2D eigenvalue weighted by Crippen LogP contribution is -2.38. The number of alkyl halides is 2. The van der Waals surface area contributed by atoms with Crippen LogP contribution in [-0.2, 0) is 6.42 Å². The quantitative estimate of drug-likeness (QED) is 0.638. The number of nitrogens with one attached hydrogen (secondary N) is 1. The predicted octanol–water partition coefficient (Wildman–Crippen LogP) is 3.03. The maximum atomic E-state index is 13.5. The number of hydrogen-bond donors (Lipinski definition) is 2. The van der Waals surface area contributed by atoms with Crippen LogP contribution in [0.5, 0.6) is 0 Å². The Bertz CT molecular complexity index is 423. The summed E-state index contributed by atoms with van der Waals surface area (Å²) in [6.07, 6.45) is 1.37. The van der Waals surface area contributed by atoms with Gasteiger partial charge in [-0.05, 0) is 36.8 Å². The van der Waals surface area contributed by atoms with Crippen molar-refractivity contribution in [3.05, 3.63) is 35.6 Å². The molecule has 0 amide bonds. The van der Waals surface area contributed by atoms with Crippen LogP contribution in [0.4, 0.5) is 13.2 Å². The molecule has 19 heavy (non-hydrogen) atoms. The second-order valence-electron chi connectivity index (χ2n) is 5.36. The highest BCUT2D eigenvalue weighted by atomic mass is 19.3. The van der Waals surface area contributed by atoms with E-state index in [9.17, 15) is 13.2 Å². The van der Waals surface area contributed by atoms with Gasteiger partial charge in [0.15, 0.2) is 0 Å². The third-order valence-electron chi connectivity index (χ3n) is 3.78. The van der Waals surface area contributed by atoms with Gasteiger partial charge in [-0.2, -0.15) is 0 Å². The van der Waals surface area contributed by atoms with E-state index in [1.165, 1.54) is 6.07 Å². The highest BCUT2D eigenvalue weighted by molar-refractivity contribution is 5.18. The fourth-order valence-corrected chi connectivity index (χ4v) is 2.79. The van der Waals surface area contributed by atoms with Crippen LogP contribution in [0, 0.1) is 11.7 Å². The van der Waals surface area contributed by atoms with Gasteiger partial charge in [0.1, 0.15) is 5.82 Å². The molecule has 0 saturated heterocycles. The molecule has 0 heterocycles. The van der Waals surface area contributed by atoms with Gasteiger partial charge in [-0.25, -0.2) is 13.2 Å². The van der Waals surface area contributed by atoms with Crippen LogP contribution >= 0.6 is 0 Å². The molecule has 1 aliphatic carbocycles. The van der Waals surface area contributed by atoms with Crippen molar-refractivity contribution in [2.45, 2.75) is 44.1 Å². The van der Waals surface area contributed by atoms with Crippen molar-refractivity contribution in [3.8, 4) is 0 Å². The highest BCUT2D eigenvalue weighted by Gasteiger charge is 2.39. The Morgan fingerprint density at radius 2 is 2.11 bits per heavy atom. The molecule has 2 nitrogen and oxygen atoms in total. The zero-order chi connectivity index (χ0) is 13.9. The second-order valence-corrected chi connectivity index (χ2v) is 5.36. The van der Waals surface area contributed by atoms with Crippen LogP contribution in [0.3, 0.4) is 0 Å². The van der Waals surface area contributed by atoms with Crippen molar-refractivity contribution >= 4 is 0 Å². The predicted molar refractivity (Wildman–Crippen MR) is 68.1 cm³/mol. The topological polar surface area (TPSA) is 38.0 Å². The summed E-state index contributed by atoms with van der Waals surface area (Å²) in [6.45, 7) is 0. The van der Waals surface area contributed by atoms with Crippen molar-refractivity contribution in [2.24, 2.45) is 11.8 Å². The fraction of sp³-hybridized carbons (Fsp3) is 0.571. The first kappa shape index (κ1) is 14.3. The molecule has 1 saturated carbocycles. The van der Waals surface area contributed by atoms with E-state index in [2.05, 4.69) is 5.43 Å². The average molecular weight is 272 g/mol. The number of nitrogens with two attached hydrogens (primary N) is 1. The van der Waals surface area contributed by atoms with Crippen LogP contribution in [0.1, 0.15) is 31.2 Å². The first-order chi connectivity index (χ1) is 9.00. The normalized spacial score (nSPS) is 23.5. The number of rotatable bonds is 5. The van der Waals surface area contributed by atoms with Crippen molar-refractivity contribution in [2.75, 3.05) is 0 Å². The molecule has 2 unspecified atom stereocenters. The summed E-state index contributed by atoms with van der Waals surface area (Å²) in [6, 6.07) is 6.31. The van der Waals surface area contributed by atoms with E-state index < -0.39 is 5.92 Å². The molecule has 0 aliphatic heterocycles. The first-order valence-corrected chi connectivity index (χ1v) is 6.57. The number of hydrogen-bond acceptors (Lipinski definition) is 2. The van der Waals surface area contributed by atoms with E-state index in [1.54, 1.807) is 18.2 Å². The van der Waals surface area contributed by atoms with Crippen LogP contribution in [0.15, 0.2) is 24.3 Å². The fourth-order valence-electron chi connectivity index (χ4n) is 2.79. The van der Waals surface area contributed by atoms with Gasteiger partial charge < -0.3 is 0 Å².